The van der Waals surface area contributed by atoms with E-state index >= 15 is 0 Å². The topological polar surface area (TPSA) is 12.0 Å². The lowest BCUT2D eigenvalue weighted by molar-refractivity contribution is -0.138. The maximum atomic E-state index is 13.2. The zero-order valence-electron chi connectivity index (χ0n) is 12.0. The van der Waals surface area contributed by atoms with Crippen molar-refractivity contribution in [2.45, 2.75) is 45.8 Å². The van der Waals surface area contributed by atoms with Crippen LogP contribution in [0.15, 0.2) is 22.7 Å². The number of hydrogen-bond acceptors (Lipinski definition) is 1. The summed E-state index contributed by atoms with van der Waals surface area (Å²) in [5.74, 6) is 0.142. The van der Waals surface area contributed by atoms with Gasteiger partial charge >= 0.3 is 6.18 Å². The Labute approximate surface area is 127 Å². The fourth-order valence-corrected chi connectivity index (χ4v) is 2.56. The van der Waals surface area contributed by atoms with E-state index in [-0.39, 0.29) is 12.0 Å². The van der Waals surface area contributed by atoms with E-state index in [0.29, 0.717) is 16.6 Å². The van der Waals surface area contributed by atoms with E-state index in [1.807, 2.05) is 20.8 Å². The number of nitrogens with one attached hydrogen (secondary N) is 1. The first-order valence-electron chi connectivity index (χ1n) is 6.91. The van der Waals surface area contributed by atoms with Crippen molar-refractivity contribution in [3.8, 4) is 0 Å². The lowest BCUT2D eigenvalue weighted by atomic mass is 9.89. The molecule has 1 aromatic rings. The van der Waals surface area contributed by atoms with Crippen molar-refractivity contribution in [1.29, 1.82) is 0 Å². The van der Waals surface area contributed by atoms with Gasteiger partial charge in [0.2, 0.25) is 0 Å². The summed E-state index contributed by atoms with van der Waals surface area (Å²) in [6, 6.07) is 4.14. The molecular weight excluding hydrogens is 331 g/mol. The molecule has 20 heavy (non-hydrogen) atoms. The summed E-state index contributed by atoms with van der Waals surface area (Å²) in [6.45, 7) is 6.70. The van der Waals surface area contributed by atoms with E-state index in [4.69, 9.17) is 0 Å². The summed E-state index contributed by atoms with van der Waals surface area (Å²) in [5.41, 5.74) is -0.218. The average molecular weight is 352 g/mol. The average Bonchev–Trinajstić information content (AvgIpc) is 2.38. The molecule has 2 atom stereocenters. The van der Waals surface area contributed by atoms with Gasteiger partial charge in [0.05, 0.1) is 5.56 Å². The summed E-state index contributed by atoms with van der Waals surface area (Å²) >= 11 is 3.12. The third kappa shape index (κ3) is 4.48. The van der Waals surface area contributed by atoms with Gasteiger partial charge in [-0.3, -0.25) is 0 Å². The highest BCUT2D eigenvalue weighted by Gasteiger charge is 2.36. The number of halogens is 4. The van der Waals surface area contributed by atoms with Crippen LogP contribution >= 0.6 is 15.9 Å². The quantitative estimate of drug-likeness (QED) is 0.707. The molecule has 1 rings (SSSR count). The van der Waals surface area contributed by atoms with Crippen molar-refractivity contribution in [2.75, 3.05) is 6.54 Å². The second-order valence-electron chi connectivity index (χ2n) is 5.05. The second-order valence-corrected chi connectivity index (χ2v) is 5.96. The Morgan fingerprint density at radius 3 is 2.40 bits per heavy atom. The van der Waals surface area contributed by atoms with E-state index in [0.717, 1.165) is 12.8 Å². The van der Waals surface area contributed by atoms with E-state index in [9.17, 15) is 13.2 Å². The van der Waals surface area contributed by atoms with Gasteiger partial charge in [-0.25, -0.2) is 0 Å². The van der Waals surface area contributed by atoms with Crippen LogP contribution in [0.3, 0.4) is 0 Å². The maximum Gasteiger partial charge on any atom is 0.416 e. The molecule has 0 aliphatic carbocycles. The van der Waals surface area contributed by atoms with Crippen LogP contribution in [0.5, 0.6) is 0 Å². The Hall–Kier alpha value is -0.550. The molecule has 5 heteroatoms. The summed E-state index contributed by atoms with van der Waals surface area (Å²) in [5, 5.41) is 3.25. The minimum absolute atomic E-state index is 0.142. The van der Waals surface area contributed by atoms with Gasteiger partial charge in [-0.1, -0.05) is 49.2 Å². The van der Waals surface area contributed by atoms with Crippen LogP contribution in [0.4, 0.5) is 13.2 Å². The van der Waals surface area contributed by atoms with Crippen LogP contribution < -0.4 is 5.32 Å². The Kier molecular flexibility index (Phi) is 6.52. The molecule has 0 aromatic heterocycles. The molecular formula is C15H21BrF3N. The molecule has 0 fully saturated rings. The Morgan fingerprint density at radius 1 is 1.25 bits per heavy atom. The van der Waals surface area contributed by atoms with Gasteiger partial charge in [-0.15, -0.1) is 0 Å². The predicted octanol–water partition coefficient (Wildman–Crippen LogP) is 5.55. The number of hydrogen-bond donors (Lipinski definition) is 1. The molecule has 0 bridgehead atoms. The third-order valence-corrected chi connectivity index (χ3v) is 3.98. The molecule has 0 heterocycles. The monoisotopic (exact) mass is 351 g/mol. The molecule has 0 radical (unpaired) electrons. The highest BCUT2D eigenvalue weighted by molar-refractivity contribution is 9.10. The van der Waals surface area contributed by atoms with Gasteiger partial charge in [0.15, 0.2) is 0 Å². The molecule has 2 unspecified atom stereocenters. The highest BCUT2D eigenvalue weighted by Crippen LogP contribution is 2.38. The molecule has 0 aliphatic rings. The van der Waals surface area contributed by atoms with Gasteiger partial charge < -0.3 is 5.32 Å². The number of benzene rings is 1. The van der Waals surface area contributed by atoms with Crippen molar-refractivity contribution in [3.05, 3.63) is 33.8 Å². The summed E-state index contributed by atoms with van der Waals surface area (Å²) < 4.78 is 40.1. The molecule has 0 spiro atoms. The normalized spacial score (nSPS) is 15.2. The molecule has 0 aliphatic heterocycles. The highest BCUT2D eigenvalue weighted by atomic mass is 79.9. The first-order valence-corrected chi connectivity index (χ1v) is 7.70. The van der Waals surface area contributed by atoms with Crippen LogP contribution in [0.1, 0.15) is 50.8 Å². The fraction of sp³-hybridized carbons (Fsp3) is 0.600. The smallest absolute Gasteiger partial charge is 0.310 e. The molecule has 114 valence electrons. The summed E-state index contributed by atoms with van der Waals surface area (Å²) in [4.78, 5) is 0. The van der Waals surface area contributed by atoms with E-state index in [2.05, 4.69) is 21.2 Å². The Balaban J connectivity index is 3.24. The van der Waals surface area contributed by atoms with Crippen molar-refractivity contribution in [2.24, 2.45) is 5.92 Å². The van der Waals surface area contributed by atoms with Crippen LogP contribution in [0.2, 0.25) is 0 Å². The standard InChI is InChI=1S/C15H21BrF3N/c1-4-8-20-14(10(3)5-2)12-7-6-11(16)9-13(12)15(17,18)19/h6-7,9-10,14,20H,4-5,8H2,1-3H3. The second kappa shape index (κ2) is 7.46. The van der Waals surface area contributed by atoms with Gasteiger partial charge in [0.25, 0.3) is 0 Å². The van der Waals surface area contributed by atoms with Crippen molar-refractivity contribution in [1.82, 2.24) is 5.32 Å². The van der Waals surface area contributed by atoms with Gasteiger partial charge in [-0.05, 0) is 36.6 Å². The molecule has 0 saturated carbocycles. The van der Waals surface area contributed by atoms with Gasteiger partial charge in [0, 0.05) is 10.5 Å². The summed E-state index contributed by atoms with van der Waals surface area (Å²) in [6.07, 6.45) is -2.61. The van der Waals surface area contributed by atoms with Gasteiger partial charge in [-0.2, -0.15) is 13.2 Å². The van der Waals surface area contributed by atoms with Crippen LogP contribution in [0.25, 0.3) is 0 Å². The Bertz CT molecular complexity index is 432. The minimum Gasteiger partial charge on any atom is -0.310 e. The van der Waals surface area contributed by atoms with Crippen LogP contribution in [-0.4, -0.2) is 6.54 Å². The van der Waals surface area contributed by atoms with E-state index in [1.165, 1.54) is 6.07 Å². The predicted molar refractivity (Wildman–Crippen MR) is 79.6 cm³/mol. The van der Waals surface area contributed by atoms with Crippen molar-refractivity contribution in [3.63, 3.8) is 0 Å². The summed E-state index contributed by atoms with van der Waals surface area (Å²) in [7, 11) is 0. The van der Waals surface area contributed by atoms with Gasteiger partial charge in [0.1, 0.15) is 0 Å². The Morgan fingerprint density at radius 2 is 1.90 bits per heavy atom. The molecule has 1 nitrogen and oxygen atoms in total. The largest absolute Gasteiger partial charge is 0.416 e. The maximum absolute atomic E-state index is 13.2. The SMILES string of the molecule is CCCNC(c1ccc(Br)cc1C(F)(F)F)C(C)CC. The zero-order valence-corrected chi connectivity index (χ0v) is 13.6. The fourth-order valence-electron chi connectivity index (χ4n) is 2.20. The molecule has 0 amide bonds. The molecule has 1 N–H and O–H groups in total. The van der Waals surface area contributed by atoms with Crippen LogP contribution in [-0.2, 0) is 6.18 Å². The van der Waals surface area contributed by atoms with E-state index < -0.39 is 11.7 Å². The lowest BCUT2D eigenvalue weighted by Crippen LogP contribution is -2.29. The molecule has 0 saturated heterocycles. The van der Waals surface area contributed by atoms with Crippen molar-refractivity contribution < 1.29 is 13.2 Å². The number of alkyl halides is 3. The number of rotatable bonds is 6. The van der Waals surface area contributed by atoms with Crippen molar-refractivity contribution >= 4 is 15.9 Å². The van der Waals surface area contributed by atoms with Crippen LogP contribution in [0, 0.1) is 5.92 Å². The zero-order chi connectivity index (χ0) is 15.3. The molecule has 1 aromatic carbocycles. The lowest BCUT2D eigenvalue weighted by Gasteiger charge is -2.27. The minimum atomic E-state index is -4.33. The first-order chi connectivity index (χ1) is 9.31. The third-order valence-electron chi connectivity index (χ3n) is 3.48. The first kappa shape index (κ1) is 17.5. The van der Waals surface area contributed by atoms with E-state index in [1.54, 1.807) is 12.1 Å².